The van der Waals surface area contributed by atoms with Crippen LogP contribution in [0.3, 0.4) is 0 Å². The lowest BCUT2D eigenvalue weighted by Crippen LogP contribution is -2.36. The normalized spacial score (nSPS) is 14.6. The molecular weight excluding hydrogens is 238 g/mol. The molecule has 0 spiro atoms. The maximum atomic E-state index is 6.28. The number of benzene rings is 1. The van der Waals surface area contributed by atoms with Crippen LogP contribution < -0.4 is 5.73 Å². The molecule has 1 aromatic heterocycles. The second-order valence-electron chi connectivity index (χ2n) is 4.27. The van der Waals surface area contributed by atoms with Crippen LogP contribution in [-0.4, -0.2) is 20.2 Å². The van der Waals surface area contributed by atoms with E-state index in [9.17, 15) is 0 Å². The van der Waals surface area contributed by atoms with Crippen LogP contribution in [0.15, 0.2) is 24.3 Å². The molecule has 17 heavy (non-hydrogen) atoms. The molecule has 0 bridgehead atoms. The molecule has 1 atom stereocenters. The second kappa shape index (κ2) is 4.43. The summed E-state index contributed by atoms with van der Waals surface area (Å²) in [7, 11) is 1.72. The van der Waals surface area contributed by atoms with E-state index < -0.39 is 5.54 Å². The maximum absolute atomic E-state index is 6.28. The van der Waals surface area contributed by atoms with Gasteiger partial charge in [0.05, 0.1) is 7.05 Å². The average molecular weight is 252 g/mol. The minimum atomic E-state index is -0.610. The third-order valence-corrected chi connectivity index (χ3v) is 2.89. The molecule has 0 fully saturated rings. The van der Waals surface area contributed by atoms with Crippen molar-refractivity contribution in [2.24, 2.45) is 12.8 Å². The standard InChI is InChI=1S/C11H14ClN5/c1-11(13,7-10-14-16-17(2)15-10)8-5-3-4-6-9(8)12/h3-6H,7,13H2,1-2H3. The number of hydrogen-bond acceptors (Lipinski definition) is 4. The van der Waals surface area contributed by atoms with Crippen LogP contribution in [0.5, 0.6) is 0 Å². The van der Waals surface area contributed by atoms with Crippen LogP contribution in [0.25, 0.3) is 0 Å². The summed E-state index contributed by atoms with van der Waals surface area (Å²) in [5, 5.41) is 12.5. The zero-order chi connectivity index (χ0) is 12.5. The largest absolute Gasteiger partial charge is 0.321 e. The van der Waals surface area contributed by atoms with Gasteiger partial charge in [0.1, 0.15) is 0 Å². The second-order valence-corrected chi connectivity index (χ2v) is 4.68. The first-order valence-corrected chi connectivity index (χ1v) is 5.63. The molecule has 0 radical (unpaired) electrons. The van der Waals surface area contributed by atoms with Crippen molar-refractivity contribution in [3.05, 3.63) is 40.7 Å². The summed E-state index contributed by atoms with van der Waals surface area (Å²) in [6, 6.07) is 7.53. The number of rotatable bonds is 3. The molecule has 1 aromatic carbocycles. The lowest BCUT2D eigenvalue weighted by molar-refractivity contribution is 0.476. The summed E-state index contributed by atoms with van der Waals surface area (Å²) in [5.74, 6) is 0.609. The highest BCUT2D eigenvalue weighted by Gasteiger charge is 2.26. The van der Waals surface area contributed by atoms with Crippen molar-refractivity contribution in [2.75, 3.05) is 0 Å². The van der Waals surface area contributed by atoms with Gasteiger partial charge in [-0.1, -0.05) is 29.8 Å². The Morgan fingerprint density at radius 3 is 2.71 bits per heavy atom. The van der Waals surface area contributed by atoms with E-state index in [2.05, 4.69) is 15.4 Å². The van der Waals surface area contributed by atoms with Gasteiger partial charge in [-0.15, -0.1) is 10.2 Å². The number of hydrogen-bond donors (Lipinski definition) is 1. The predicted octanol–water partition coefficient (Wildman–Crippen LogP) is 1.28. The number of tetrazole rings is 1. The van der Waals surface area contributed by atoms with Crippen LogP contribution >= 0.6 is 11.6 Å². The Morgan fingerprint density at radius 1 is 1.41 bits per heavy atom. The topological polar surface area (TPSA) is 69.6 Å². The Kier molecular flexibility index (Phi) is 3.13. The van der Waals surface area contributed by atoms with Gasteiger partial charge in [0, 0.05) is 17.0 Å². The number of aromatic nitrogens is 4. The Labute approximate surface area is 105 Å². The molecule has 5 nitrogen and oxygen atoms in total. The molecule has 0 saturated carbocycles. The summed E-state index contributed by atoms with van der Waals surface area (Å²) >= 11 is 6.14. The van der Waals surface area contributed by atoms with E-state index in [4.69, 9.17) is 17.3 Å². The van der Waals surface area contributed by atoms with Gasteiger partial charge in [-0.3, -0.25) is 0 Å². The van der Waals surface area contributed by atoms with Crippen molar-refractivity contribution in [3.8, 4) is 0 Å². The molecular formula is C11H14ClN5. The molecule has 0 aliphatic rings. The first kappa shape index (κ1) is 12.0. The van der Waals surface area contributed by atoms with Crippen molar-refractivity contribution in [3.63, 3.8) is 0 Å². The maximum Gasteiger partial charge on any atom is 0.176 e. The molecule has 0 aliphatic heterocycles. The fraction of sp³-hybridized carbons (Fsp3) is 0.364. The monoisotopic (exact) mass is 251 g/mol. The molecule has 2 N–H and O–H groups in total. The fourth-order valence-electron chi connectivity index (χ4n) is 1.74. The summed E-state index contributed by atoms with van der Waals surface area (Å²) in [4.78, 5) is 1.41. The fourth-order valence-corrected chi connectivity index (χ4v) is 2.09. The molecule has 0 saturated heterocycles. The Bertz CT molecular complexity index is 520. The van der Waals surface area contributed by atoms with E-state index in [-0.39, 0.29) is 0 Å². The van der Waals surface area contributed by atoms with Crippen LogP contribution in [0, 0.1) is 0 Å². The lowest BCUT2D eigenvalue weighted by atomic mass is 9.89. The van der Waals surface area contributed by atoms with Crippen LogP contribution in [0.2, 0.25) is 5.02 Å². The van der Waals surface area contributed by atoms with Crippen molar-refractivity contribution >= 4 is 11.6 Å². The smallest absolute Gasteiger partial charge is 0.176 e. The van der Waals surface area contributed by atoms with E-state index in [0.717, 1.165) is 5.56 Å². The van der Waals surface area contributed by atoms with Gasteiger partial charge in [0.25, 0.3) is 0 Å². The Hall–Kier alpha value is -1.46. The highest BCUT2D eigenvalue weighted by molar-refractivity contribution is 6.31. The third-order valence-electron chi connectivity index (χ3n) is 2.56. The predicted molar refractivity (Wildman–Crippen MR) is 65.5 cm³/mol. The van der Waals surface area contributed by atoms with Gasteiger partial charge in [0.15, 0.2) is 5.82 Å². The first-order valence-electron chi connectivity index (χ1n) is 5.26. The van der Waals surface area contributed by atoms with Crippen molar-refractivity contribution in [1.82, 2.24) is 20.2 Å². The van der Waals surface area contributed by atoms with Crippen molar-refractivity contribution in [2.45, 2.75) is 18.9 Å². The zero-order valence-corrected chi connectivity index (χ0v) is 10.5. The number of nitrogens with zero attached hydrogens (tertiary/aromatic N) is 4. The van der Waals surface area contributed by atoms with E-state index >= 15 is 0 Å². The minimum Gasteiger partial charge on any atom is -0.321 e. The van der Waals surface area contributed by atoms with E-state index in [0.29, 0.717) is 17.3 Å². The lowest BCUT2D eigenvalue weighted by Gasteiger charge is -2.24. The molecule has 2 aromatic rings. The zero-order valence-electron chi connectivity index (χ0n) is 9.76. The number of halogens is 1. The van der Waals surface area contributed by atoms with E-state index in [1.807, 2.05) is 31.2 Å². The summed E-state index contributed by atoms with van der Waals surface area (Å²) in [5.41, 5.74) is 6.55. The SMILES string of the molecule is Cn1nnc(CC(C)(N)c2ccccc2Cl)n1. The summed E-state index contributed by atoms with van der Waals surface area (Å²) in [6.45, 7) is 1.91. The minimum absolute atomic E-state index is 0.491. The Morgan fingerprint density at radius 2 is 2.12 bits per heavy atom. The van der Waals surface area contributed by atoms with E-state index in [1.54, 1.807) is 7.05 Å². The van der Waals surface area contributed by atoms with Crippen molar-refractivity contribution in [1.29, 1.82) is 0 Å². The number of aryl methyl sites for hydroxylation is 1. The summed E-state index contributed by atoms with van der Waals surface area (Å²) < 4.78 is 0. The van der Waals surface area contributed by atoms with Crippen LogP contribution in [-0.2, 0) is 19.0 Å². The van der Waals surface area contributed by atoms with Crippen molar-refractivity contribution < 1.29 is 0 Å². The van der Waals surface area contributed by atoms with Crippen LogP contribution in [0.4, 0.5) is 0 Å². The van der Waals surface area contributed by atoms with Gasteiger partial charge in [0.2, 0.25) is 0 Å². The van der Waals surface area contributed by atoms with Crippen LogP contribution in [0.1, 0.15) is 18.3 Å². The third kappa shape index (κ3) is 2.62. The summed E-state index contributed by atoms with van der Waals surface area (Å²) in [6.07, 6.45) is 0.491. The van der Waals surface area contributed by atoms with Gasteiger partial charge in [-0.2, -0.15) is 4.80 Å². The van der Waals surface area contributed by atoms with E-state index in [1.165, 1.54) is 4.80 Å². The quantitative estimate of drug-likeness (QED) is 0.892. The van der Waals surface area contributed by atoms with Gasteiger partial charge in [-0.25, -0.2) is 0 Å². The molecule has 2 rings (SSSR count). The average Bonchev–Trinajstić information content (AvgIpc) is 2.63. The first-order chi connectivity index (χ1) is 7.99. The molecule has 0 aliphatic carbocycles. The van der Waals surface area contributed by atoms with Gasteiger partial charge < -0.3 is 5.73 Å². The van der Waals surface area contributed by atoms with Gasteiger partial charge in [-0.05, 0) is 23.8 Å². The molecule has 90 valence electrons. The number of nitrogens with two attached hydrogens (primary N) is 1. The van der Waals surface area contributed by atoms with Gasteiger partial charge >= 0.3 is 0 Å². The molecule has 6 heteroatoms. The molecule has 1 heterocycles. The molecule has 0 amide bonds. The highest BCUT2D eigenvalue weighted by Crippen LogP contribution is 2.27. The highest BCUT2D eigenvalue weighted by atomic mass is 35.5. The molecule has 1 unspecified atom stereocenters. The Balaban J connectivity index is 2.27.